The van der Waals surface area contributed by atoms with Crippen LogP contribution in [0.5, 0.6) is 5.75 Å². The van der Waals surface area contributed by atoms with Crippen molar-refractivity contribution in [1.82, 2.24) is 15.5 Å². The van der Waals surface area contributed by atoms with Crippen LogP contribution in [0.3, 0.4) is 0 Å². The normalized spacial score (nSPS) is 10.9. The van der Waals surface area contributed by atoms with Crippen molar-refractivity contribution < 1.29 is 13.7 Å². The van der Waals surface area contributed by atoms with Crippen molar-refractivity contribution in [2.24, 2.45) is 0 Å². The van der Waals surface area contributed by atoms with Crippen LogP contribution in [0.25, 0.3) is 34.0 Å². The molecule has 1 heterocycles. The molecule has 152 valence electrons. The van der Waals surface area contributed by atoms with Crippen LogP contribution in [-0.2, 0) is 6.54 Å². The molecule has 0 amide bonds. The largest absolute Gasteiger partial charge is 0.496 e. The van der Waals surface area contributed by atoms with Crippen LogP contribution in [-0.4, -0.2) is 24.3 Å². The first kappa shape index (κ1) is 19.8. The van der Waals surface area contributed by atoms with Gasteiger partial charge in [0.25, 0.3) is 5.89 Å². The summed E-state index contributed by atoms with van der Waals surface area (Å²) >= 11 is 0. The van der Waals surface area contributed by atoms with E-state index in [9.17, 15) is 4.39 Å². The van der Waals surface area contributed by atoms with Crippen LogP contribution in [0.4, 0.5) is 4.39 Å². The summed E-state index contributed by atoms with van der Waals surface area (Å²) in [5.41, 5.74) is 5.90. The molecule has 0 fully saturated rings. The number of aromatic nitrogens is 2. The molecule has 4 rings (SSSR count). The predicted octanol–water partition coefficient (Wildman–Crippen LogP) is 5.25. The Morgan fingerprint density at radius 3 is 2.60 bits per heavy atom. The smallest absolute Gasteiger partial charge is 0.258 e. The van der Waals surface area contributed by atoms with Crippen molar-refractivity contribution in [3.05, 3.63) is 77.6 Å². The zero-order chi connectivity index (χ0) is 21.1. The summed E-state index contributed by atoms with van der Waals surface area (Å²) in [6, 6.07) is 18.6. The number of hydrogen-bond acceptors (Lipinski definition) is 5. The number of aryl methyl sites for hydroxylation is 1. The average Bonchev–Trinajstić information content (AvgIpc) is 3.25. The van der Waals surface area contributed by atoms with Crippen LogP contribution in [0.1, 0.15) is 11.1 Å². The van der Waals surface area contributed by atoms with E-state index in [0.717, 1.165) is 16.7 Å². The van der Waals surface area contributed by atoms with Crippen molar-refractivity contribution in [3.8, 4) is 39.7 Å². The van der Waals surface area contributed by atoms with Crippen molar-refractivity contribution in [2.45, 2.75) is 13.5 Å². The average molecular weight is 403 g/mol. The second kappa shape index (κ2) is 8.47. The lowest BCUT2D eigenvalue weighted by Gasteiger charge is -2.13. The molecule has 0 spiro atoms. The molecule has 0 unspecified atom stereocenters. The van der Waals surface area contributed by atoms with Crippen molar-refractivity contribution >= 4 is 0 Å². The number of halogens is 1. The maximum absolute atomic E-state index is 13.7. The van der Waals surface area contributed by atoms with Crippen LogP contribution >= 0.6 is 0 Å². The van der Waals surface area contributed by atoms with Gasteiger partial charge in [-0.05, 0) is 66.6 Å². The highest BCUT2D eigenvalue weighted by molar-refractivity contribution is 5.74. The molecule has 0 aliphatic rings. The van der Waals surface area contributed by atoms with E-state index >= 15 is 0 Å². The van der Waals surface area contributed by atoms with Crippen LogP contribution in [0.2, 0.25) is 0 Å². The Hall–Kier alpha value is -3.51. The van der Waals surface area contributed by atoms with E-state index in [1.54, 1.807) is 6.07 Å². The maximum Gasteiger partial charge on any atom is 0.258 e. The SMILES string of the molecule is CNCc1cc(-c2nc(-c3cc(F)ccc3OC)no2)ccc1-c1ccccc1C. The topological polar surface area (TPSA) is 60.2 Å². The first-order chi connectivity index (χ1) is 14.6. The highest BCUT2D eigenvalue weighted by atomic mass is 19.1. The van der Waals surface area contributed by atoms with E-state index < -0.39 is 5.82 Å². The molecule has 4 aromatic rings. The summed E-state index contributed by atoms with van der Waals surface area (Å²) in [6.07, 6.45) is 0. The molecule has 3 aromatic carbocycles. The molecule has 5 nitrogen and oxygen atoms in total. The Balaban J connectivity index is 1.75. The lowest BCUT2D eigenvalue weighted by atomic mass is 9.94. The van der Waals surface area contributed by atoms with Crippen molar-refractivity contribution in [2.75, 3.05) is 14.2 Å². The summed E-state index contributed by atoms with van der Waals surface area (Å²) < 4.78 is 24.5. The molecule has 0 aliphatic carbocycles. The number of benzene rings is 3. The van der Waals surface area contributed by atoms with Gasteiger partial charge >= 0.3 is 0 Å². The third kappa shape index (κ3) is 3.82. The minimum Gasteiger partial charge on any atom is -0.496 e. The Labute approximate surface area is 174 Å². The van der Waals surface area contributed by atoms with Crippen molar-refractivity contribution in [3.63, 3.8) is 0 Å². The third-order valence-corrected chi connectivity index (χ3v) is 4.98. The zero-order valence-corrected chi connectivity index (χ0v) is 17.1. The van der Waals surface area contributed by atoms with Crippen LogP contribution < -0.4 is 10.1 Å². The summed E-state index contributed by atoms with van der Waals surface area (Å²) in [7, 11) is 3.43. The Morgan fingerprint density at radius 2 is 1.83 bits per heavy atom. The number of hydrogen-bond donors (Lipinski definition) is 1. The quantitative estimate of drug-likeness (QED) is 0.477. The fraction of sp³-hybridized carbons (Fsp3) is 0.167. The molecule has 30 heavy (non-hydrogen) atoms. The van der Waals surface area contributed by atoms with E-state index in [1.807, 2.05) is 31.3 Å². The Morgan fingerprint density at radius 1 is 1.00 bits per heavy atom. The van der Waals surface area contributed by atoms with Gasteiger partial charge in [0.2, 0.25) is 5.82 Å². The van der Waals surface area contributed by atoms with Gasteiger partial charge in [-0.3, -0.25) is 0 Å². The molecule has 6 heteroatoms. The lowest BCUT2D eigenvalue weighted by Crippen LogP contribution is -2.07. The van der Waals surface area contributed by atoms with E-state index in [0.29, 0.717) is 23.7 Å². The van der Waals surface area contributed by atoms with Gasteiger partial charge in [-0.15, -0.1) is 0 Å². The standard InChI is InChI=1S/C24H22FN3O2/c1-15-6-4-5-7-19(15)20-10-8-16(12-17(20)14-26-2)24-27-23(28-30-24)21-13-18(25)9-11-22(21)29-3/h4-13,26H,14H2,1-3H3. The van der Waals surface area contributed by atoms with Gasteiger partial charge in [0, 0.05) is 12.1 Å². The fourth-order valence-corrected chi connectivity index (χ4v) is 3.51. The summed E-state index contributed by atoms with van der Waals surface area (Å²) in [6.45, 7) is 2.79. The first-order valence-corrected chi connectivity index (χ1v) is 9.62. The van der Waals surface area contributed by atoms with Crippen molar-refractivity contribution in [1.29, 1.82) is 0 Å². The minimum absolute atomic E-state index is 0.277. The molecular weight excluding hydrogens is 381 g/mol. The number of nitrogens with zero attached hydrogens (tertiary/aromatic N) is 2. The molecule has 0 saturated carbocycles. The van der Waals surface area contributed by atoms with Gasteiger partial charge in [0.05, 0.1) is 12.7 Å². The van der Waals surface area contributed by atoms with Gasteiger partial charge in [0.1, 0.15) is 11.6 Å². The van der Waals surface area contributed by atoms with Gasteiger partial charge in [-0.1, -0.05) is 35.5 Å². The molecular formula is C24H22FN3O2. The number of methoxy groups -OCH3 is 1. The van der Waals surface area contributed by atoms with E-state index in [1.165, 1.54) is 30.4 Å². The number of nitrogens with one attached hydrogen (secondary N) is 1. The second-order valence-corrected chi connectivity index (χ2v) is 6.98. The van der Waals surface area contributed by atoms with Gasteiger partial charge in [0.15, 0.2) is 0 Å². The fourth-order valence-electron chi connectivity index (χ4n) is 3.51. The Bertz CT molecular complexity index is 1190. The molecule has 1 N–H and O–H groups in total. The monoisotopic (exact) mass is 403 g/mol. The molecule has 0 radical (unpaired) electrons. The molecule has 0 aliphatic heterocycles. The highest BCUT2D eigenvalue weighted by Gasteiger charge is 2.17. The molecule has 1 aromatic heterocycles. The highest BCUT2D eigenvalue weighted by Crippen LogP contribution is 2.33. The van der Waals surface area contributed by atoms with Crippen LogP contribution in [0.15, 0.2) is 65.2 Å². The number of ether oxygens (including phenoxy) is 1. The Kier molecular flexibility index (Phi) is 5.59. The van der Waals surface area contributed by atoms with Crippen LogP contribution in [0, 0.1) is 12.7 Å². The van der Waals surface area contributed by atoms with Gasteiger partial charge in [-0.25, -0.2) is 4.39 Å². The molecule has 0 bridgehead atoms. The third-order valence-electron chi connectivity index (χ3n) is 4.98. The van der Waals surface area contributed by atoms with E-state index in [2.05, 4.69) is 40.6 Å². The maximum atomic E-state index is 13.7. The zero-order valence-electron chi connectivity index (χ0n) is 17.1. The first-order valence-electron chi connectivity index (χ1n) is 9.62. The summed E-state index contributed by atoms with van der Waals surface area (Å²) in [5, 5.41) is 7.25. The predicted molar refractivity (Wildman–Crippen MR) is 115 cm³/mol. The van der Waals surface area contributed by atoms with E-state index in [-0.39, 0.29) is 5.82 Å². The van der Waals surface area contributed by atoms with E-state index in [4.69, 9.17) is 9.26 Å². The van der Waals surface area contributed by atoms with Gasteiger partial charge < -0.3 is 14.6 Å². The second-order valence-electron chi connectivity index (χ2n) is 6.98. The molecule has 0 saturated heterocycles. The summed E-state index contributed by atoms with van der Waals surface area (Å²) in [4.78, 5) is 4.48. The molecule has 0 atom stereocenters. The summed E-state index contributed by atoms with van der Waals surface area (Å²) in [5.74, 6) is 0.732. The van der Waals surface area contributed by atoms with Gasteiger partial charge in [-0.2, -0.15) is 4.98 Å². The number of rotatable bonds is 6. The lowest BCUT2D eigenvalue weighted by molar-refractivity contribution is 0.412. The minimum atomic E-state index is -0.393.